The van der Waals surface area contributed by atoms with Gasteiger partial charge in [-0.2, -0.15) is 0 Å². The molecular formula is C14H15Cl2OTi. The van der Waals surface area contributed by atoms with Gasteiger partial charge in [-0.25, -0.2) is 0 Å². The Hall–Kier alpha value is -0.306. The van der Waals surface area contributed by atoms with E-state index in [0.29, 0.717) is 9.45 Å². The van der Waals surface area contributed by atoms with Gasteiger partial charge >= 0.3 is 117 Å². The summed E-state index contributed by atoms with van der Waals surface area (Å²) in [5.41, 5.74) is 1.97. The first-order valence-corrected chi connectivity index (χ1v) is 13.0. The first-order valence-electron chi connectivity index (χ1n) is 5.84. The third-order valence-corrected chi connectivity index (χ3v) is 8.36. The van der Waals surface area contributed by atoms with Crippen LogP contribution in [0.2, 0.25) is 0 Å². The number of hydrogen-bond donors (Lipinski definition) is 1. The predicted octanol–water partition coefficient (Wildman–Crippen LogP) is 4.29. The van der Waals surface area contributed by atoms with E-state index in [0.717, 1.165) is 11.1 Å². The fourth-order valence-corrected chi connectivity index (χ4v) is 7.95. The molecule has 0 radical (unpaired) electrons. The molecule has 0 aliphatic rings. The topological polar surface area (TPSA) is 20.2 Å². The molecule has 1 N–H and O–H groups in total. The molecule has 2 aromatic rings. The van der Waals surface area contributed by atoms with E-state index < -0.39 is 13.6 Å². The molecule has 0 heterocycles. The molecular weight excluding hydrogens is 303 g/mol. The third kappa shape index (κ3) is 4.42. The van der Waals surface area contributed by atoms with Crippen molar-refractivity contribution in [3.63, 3.8) is 0 Å². The number of rotatable bonds is 4. The van der Waals surface area contributed by atoms with Gasteiger partial charge in [0.25, 0.3) is 0 Å². The molecule has 0 atom stereocenters. The SMILES string of the molecule is [OH][Ti]([Cl])([Cl])([CH2]c1ccccc1)[CH2]c1ccccc1. The monoisotopic (exact) mass is 317 g/mol. The summed E-state index contributed by atoms with van der Waals surface area (Å²) in [5, 5.41) is 0. The summed E-state index contributed by atoms with van der Waals surface area (Å²) in [7, 11) is 12.7. The molecule has 0 amide bonds. The zero-order valence-electron chi connectivity index (χ0n) is 9.89. The second kappa shape index (κ2) is 5.36. The Morgan fingerprint density at radius 1 is 0.722 bits per heavy atom. The van der Waals surface area contributed by atoms with Crippen molar-refractivity contribution in [1.29, 1.82) is 0 Å². The molecule has 0 aromatic heterocycles. The van der Waals surface area contributed by atoms with Gasteiger partial charge in [0.15, 0.2) is 0 Å². The van der Waals surface area contributed by atoms with Gasteiger partial charge in [-0.3, -0.25) is 0 Å². The van der Waals surface area contributed by atoms with Gasteiger partial charge in [0, 0.05) is 0 Å². The minimum absolute atomic E-state index is 0.371. The second-order valence-corrected chi connectivity index (χ2v) is 18.1. The van der Waals surface area contributed by atoms with E-state index in [1.807, 2.05) is 60.7 Å². The maximum absolute atomic E-state index is 10.6. The summed E-state index contributed by atoms with van der Waals surface area (Å²) >= 11 is -4.43. The summed E-state index contributed by atoms with van der Waals surface area (Å²) < 4.78 is 11.4. The standard InChI is InChI=1S/2C7H7.2ClH.H2O.Ti/c2*1-7-5-3-2-4-6-7;;;;/h2*2-6H,1H2;2*1H;1H2;/q;;;;;+3/p-3. The summed E-state index contributed by atoms with van der Waals surface area (Å²) in [6, 6.07) is 19.3. The van der Waals surface area contributed by atoms with Gasteiger partial charge in [0.2, 0.25) is 0 Å². The van der Waals surface area contributed by atoms with Crippen molar-refractivity contribution in [2.45, 2.75) is 9.45 Å². The van der Waals surface area contributed by atoms with Crippen LogP contribution in [0.25, 0.3) is 0 Å². The van der Waals surface area contributed by atoms with Crippen LogP contribution in [0.1, 0.15) is 11.1 Å². The Balaban J connectivity index is 2.17. The Kier molecular flexibility index (Phi) is 4.20. The van der Waals surface area contributed by atoms with Crippen LogP contribution >= 0.6 is 18.6 Å². The maximum atomic E-state index is 10.6. The van der Waals surface area contributed by atoms with E-state index in [-0.39, 0.29) is 0 Å². The molecule has 0 fully saturated rings. The molecule has 0 saturated heterocycles. The molecule has 1 nitrogen and oxygen atoms in total. The van der Waals surface area contributed by atoms with Crippen LogP contribution in [0, 0.1) is 0 Å². The van der Waals surface area contributed by atoms with Crippen molar-refractivity contribution < 1.29 is 17.3 Å². The molecule has 0 bridgehead atoms. The van der Waals surface area contributed by atoms with E-state index in [1.165, 1.54) is 0 Å². The van der Waals surface area contributed by atoms with Gasteiger partial charge in [-0.05, 0) is 0 Å². The summed E-state index contributed by atoms with van der Waals surface area (Å²) in [5.74, 6) is 0. The van der Waals surface area contributed by atoms with Crippen molar-refractivity contribution in [3.8, 4) is 0 Å². The van der Waals surface area contributed by atoms with E-state index in [1.54, 1.807) is 0 Å². The third-order valence-electron chi connectivity index (χ3n) is 2.77. The van der Waals surface area contributed by atoms with Gasteiger partial charge in [0.05, 0.1) is 0 Å². The van der Waals surface area contributed by atoms with Crippen molar-refractivity contribution in [2.24, 2.45) is 0 Å². The Morgan fingerprint density at radius 2 is 1.06 bits per heavy atom. The molecule has 2 rings (SSSR count). The zero-order valence-corrected chi connectivity index (χ0v) is 13.0. The van der Waals surface area contributed by atoms with Crippen LogP contribution in [0.15, 0.2) is 60.7 Å². The van der Waals surface area contributed by atoms with Crippen molar-refractivity contribution >= 4 is 18.6 Å². The fourth-order valence-electron chi connectivity index (χ4n) is 2.03. The zero-order chi connectivity index (χ0) is 13.1. The normalized spacial score (nSPS) is 13.8. The molecule has 4 heteroatoms. The fraction of sp³-hybridized carbons (Fsp3) is 0.143. The summed E-state index contributed by atoms with van der Waals surface area (Å²) in [6.07, 6.45) is 0. The van der Waals surface area contributed by atoms with E-state index in [9.17, 15) is 3.69 Å². The van der Waals surface area contributed by atoms with Crippen LogP contribution in [0.4, 0.5) is 0 Å². The predicted molar refractivity (Wildman–Crippen MR) is 74.2 cm³/mol. The molecule has 0 aliphatic heterocycles. The van der Waals surface area contributed by atoms with Gasteiger partial charge in [-0.1, -0.05) is 0 Å². The van der Waals surface area contributed by atoms with E-state index >= 15 is 0 Å². The minimum atomic E-state index is -4.43. The molecule has 95 valence electrons. The average Bonchev–Trinajstić information content (AvgIpc) is 2.29. The quantitative estimate of drug-likeness (QED) is 0.834. The van der Waals surface area contributed by atoms with Crippen molar-refractivity contribution in [1.82, 2.24) is 0 Å². The molecule has 0 saturated carbocycles. The summed E-state index contributed by atoms with van der Waals surface area (Å²) in [4.78, 5) is 0. The van der Waals surface area contributed by atoms with Crippen LogP contribution in [0.3, 0.4) is 0 Å². The van der Waals surface area contributed by atoms with E-state index in [2.05, 4.69) is 0 Å². The summed E-state index contributed by atoms with van der Waals surface area (Å²) in [6.45, 7) is 0. The van der Waals surface area contributed by atoms with E-state index in [4.69, 9.17) is 18.6 Å². The first kappa shape index (κ1) is 14.1. The molecule has 0 aliphatic carbocycles. The van der Waals surface area contributed by atoms with Crippen LogP contribution in [-0.2, 0) is 23.0 Å². The van der Waals surface area contributed by atoms with Crippen LogP contribution in [0.5, 0.6) is 0 Å². The van der Waals surface area contributed by atoms with Crippen molar-refractivity contribution in [3.05, 3.63) is 71.8 Å². The Bertz CT molecular complexity index is 460. The molecule has 2 aromatic carbocycles. The van der Waals surface area contributed by atoms with Crippen LogP contribution in [-0.4, -0.2) is 3.69 Å². The average molecular weight is 318 g/mol. The first-order chi connectivity index (χ1) is 8.42. The second-order valence-electron chi connectivity index (χ2n) is 4.67. The van der Waals surface area contributed by atoms with Crippen LogP contribution < -0.4 is 0 Å². The Morgan fingerprint density at radius 3 is 1.39 bits per heavy atom. The van der Waals surface area contributed by atoms with Gasteiger partial charge < -0.3 is 0 Å². The number of halogens is 2. The van der Waals surface area contributed by atoms with Crippen molar-refractivity contribution in [2.75, 3.05) is 0 Å². The number of benzene rings is 2. The Labute approximate surface area is 116 Å². The molecule has 0 spiro atoms. The van der Waals surface area contributed by atoms with Gasteiger partial charge in [-0.15, -0.1) is 0 Å². The number of hydrogen-bond acceptors (Lipinski definition) is 1. The molecule has 0 unspecified atom stereocenters. The molecule has 18 heavy (non-hydrogen) atoms. The van der Waals surface area contributed by atoms with Gasteiger partial charge in [0.1, 0.15) is 0 Å².